The molecule has 0 aromatic rings. The molecule has 0 N–H and O–H groups in total. The van der Waals surface area contributed by atoms with E-state index >= 15 is 0 Å². The first-order valence-electron chi connectivity index (χ1n) is 6.90. The highest BCUT2D eigenvalue weighted by Crippen LogP contribution is 2.32. The van der Waals surface area contributed by atoms with Crippen molar-refractivity contribution in [2.24, 2.45) is 0 Å². The van der Waals surface area contributed by atoms with Gasteiger partial charge in [-0.2, -0.15) is 0 Å². The van der Waals surface area contributed by atoms with Gasteiger partial charge in [0.25, 0.3) is 5.41 Å². The van der Waals surface area contributed by atoms with E-state index in [1.807, 2.05) is 6.92 Å². The predicted molar refractivity (Wildman–Crippen MR) is 80.1 cm³/mol. The van der Waals surface area contributed by atoms with Gasteiger partial charge in [0.15, 0.2) is 0 Å². The summed E-state index contributed by atoms with van der Waals surface area (Å²) in [5, 5.41) is 0. The molecule has 0 aliphatic carbocycles. The first kappa shape index (κ1) is 20.9. The summed E-state index contributed by atoms with van der Waals surface area (Å²) in [6, 6.07) is 0. The first-order valence-corrected chi connectivity index (χ1v) is 8.62. The molecular formula is C13H30O7Si. The number of ether oxygens (including phenoxy) is 4. The van der Waals surface area contributed by atoms with Crippen LogP contribution in [0, 0.1) is 0 Å². The van der Waals surface area contributed by atoms with E-state index in [4.69, 9.17) is 32.2 Å². The summed E-state index contributed by atoms with van der Waals surface area (Å²) in [6.45, 7) is 3.12. The molecule has 0 fully saturated rings. The Balaban J connectivity index is 4.91. The molecule has 0 amide bonds. The van der Waals surface area contributed by atoms with Gasteiger partial charge in [-0.25, -0.2) is 0 Å². The van der Waals surface area contributed by atoms with Crippen LogP contribution in [-0.4, -0.2) is 76.2 Å². The molecule has 1 unspecified atom stereocenters. The van der Waals surface area contributed by atoms with Crippen LogP contribution >= 0.6 is 0 Å². The first-order chi connectivity index (χ1) is 10.0. The lowest BCUT2D eigenvalue weighted by molar-refractivity contribution is -0.246. The molecule has 128 valence electrons. The van der Waals surface area contributed by atoms with Gasteiger partial charge in [0.1, 0.15) is 6.10 Å². The fraction of sp³-hybridized carbons (Fsp3) is 1.00. The number of hydrogen-bond acceptors (Lipinski definition) is 7. The molecule has 0 heterocycles. The average molecular weight is 326 g/mol. The SMILES string of the molecule is COCCCCOC(C)C(OC)(OC)[Si](OC)(OC)OC. The Bertz CT molecular complexity index is 249. The molecule has 0 aromatic heterocycles. The van der Waals surface area contributed by atoms with Crippen molar-refractivity contribution in [1.82, 2.24) is 0 Å². The molecular weight excluding hydrogens is 296 g/mol. The van der Waals surface area contributed by atoms with E-state index in [-0.39, 0.29) is 0 Å². The molecule has 0 bridgehead atoms. The number of hydrogen-bond donors (Lipinski definition) is 0. The molecule has 7 nitrogen and oxygen atoms in total. The van der Waals surface area contributed by atoms with Crippen LogP contribution < -0.4 is 0 Å². The molecule has 21 heavy (non-hydrogen) atoms. The second-order valence-electron chi connectivity index (χ2n) is 4.46. The van der Waals surface area contributed by atoms with Gasteiger partial charge >= 0.3 is 8.80 Å². The topological polar surface area (TPSA) is 64.6 Å². The number of methoxy groups -OCH3 is 3. The Morgan fingerprint density at radius 2 is 1.29 bits per heavy atom. The molecule has 0 radical (unpaired) electrons. The summed E-state index contributed by atoms with van der Waals surface area (Å²) < 4.78 is 38.5. The molecule has 1 atom stereocenters. The van der Waals surface area contributed by atoms with Crippen molar-refractivity contribution < 1.29 is 32.2 Å². The molecule has 0 saturated heterocycles. The van der Waals surface area contributed by atoms with E-state index in [1.54, 1.807) is 7.11 Å². The van der Waals surface area contributed by atoms with E-state index in [0.29, 0.717) is 13.2 Å². The van der Waals surface area contributed by atoms with Crippen LogP contribution in [0.2, 0.25) is 0 Å². The summed E-state index contributed by atoms with van der Waals surface area (Å²) in [5.41, 5.74) is -1.23. The van der Waals surface area contributed by atoms with Gasteiger partial charge in [0.05, 0.1) is 0 Å². The zero-order valence-corrected chi connectivity index (χ0v) is 15.3. The molecule has 0 aliphatic rings. The molecule has 0 rings (SSSR count). The maximum absolute atomic E-state index is 5.84. The van der Waals surface area contributed by atoms with Crippen LogP contribution in [0.4, 0.5) is 0 Å². The van der Waals surface area contributed by atoms with Gasteiger partial charge < -0.3 is 32.2 Å². The van der Waals surface area contributed by atoms with Crippen molar-refractivity contribution in [3.8, 4) is 0 Å². The summed E-state index contributed by atoms with van der Waals surface area (Å²) in [4.78, 5) is 0. The molecule has 0 saturated carbocycles. The Morgan fingerprint density at radius 1 is 0.810 bits per heavy atom. The second-order valence-corrected chi connectivity index (χ2v) is 7.49. The van der Waals surface area contributed by atoms with Gasteiger partial charge in [-0.3, -0.25) is 0 Å². The summed E-state index contributed by atoms with van der Waals surface area (Å²) in [5.74, 6) is 0. The molecule has 8 heteroatoms. The second kappa shape index (κ2) is 10.6. The molecule has 0 aliphatic heterocycles. The Kier molecular flexibility index (Phi) is 10.6. The van der Waals surface area contributed by atoms with Crippen LogP contribution in [0.25, 0.3) is 0 Å². The number of rotatable bonds is 13. The minimum atomic E-state index is -3.23. The maximum atomic E-state index is 5.84. The molecule has 0 aromatic carbocycles. The average Bonchev–Trinajstić information content (AvgIpc) is 2.52. The minimum absolute atomic E-state index is 0.429. The van der Waals surface area contributed by atoms with Gasteiger partial charge in [-0.15, -0.1) is 0 Å². The van der Waals surface area contributed by atoms with Crippen LogP contribution in [0.1, 0.15) is 19.8 Å². The predicted octanol–water partition coefficient (Wildman–Crippen LogP) is 1.22. The van der Waals surface area contributed by atoms with Crippen molar-refractivity contribution in [1.29, 1.82) is 0 Å². The minimum Gasteiger partial charge on any atom is -0.385 e. The summed E-state index contributed by atoms with van der Waals surface area (Å²) in [7, 11) is 6.03. The Labute approximate surface area is 129 Å². The third-order valence-corrected chi connectivity index (χ3v) is 6.77. The lowest BCUT2D eigenvalue weighted by Crippen LogP contribution is -2.70. The van der Waals surface area contributed by atoms with Crippen molar-refractivity contribution in [3.63, 3.8) is 0 Å². The zero-order chi connectivity index (χ0) is 16.4. The quantitative estimate of drug-likeness (QED) is 0.286. The fourth-order valence-corrected chi connectivity index (χ4v) is 4.74. The molecule has 0 spiro atoms. The third-order valence-electron chi connectivity index (χ3n) is 3.49. The fourth-order valence-electron chi connectivity index (χ4n) is 2.31. The van der Waals surface area contributed by atoms with Crippen molar-refractivity contribution >= 4 is 8.80 Å². The van der Waals surface area contributed by atoms with E-state index in [2.05, 4.69) is 0 Å². The van der Waals surface area contributed by atoms with E-state index in [1.165, 1.54) is 35.5 Å². The summed E-state index contributed by atoms with van der Waals surface area (Å²) in [6.07, 6.45) is 1.38. The largest absolute Gasteiger partial charge is 0.565 e. The van der Waals surface area contributed by atoms with E-state index in [0.717, 1.165) is 12.8 Å². The highest BCUT2D eigenvalue weighted by Gasteiger charge is 2.66. The summed E-state index contributed by atoms with van der Waals surface area (Å²) >= 11 is 0. The van der Waals surface area contributed by atoms with Gasteiger partial charge in [-0.05, 0) is 19.8 Å². The monoisotopic (exact) mass is 326 g/mol. The lowest BCUT2D eigenvalue weighted by Gasteiger charge is -2.43. The van der Waals surface area contributed by atoms with Crippen molar-refractivity contribution in [2.45, 2.75) is 31.3 Å². The van der Waals surface area contributed by atoms with Crippen molar-refractivity contribution in [3.05, 3.63) is 0 Å². The van der Waals surface area contributed by atoms with Crippen LogP contribution in [-0.2, 0) is 32.2 Å². The highest BCUT2D eigenvalue weighted by molar-refractivity contribution is 6.63. The number of unbranched alkanes of at least 4 members (excludes halogenated alkanes) is 1. The van der Waals surface area contributed by atoms with E-state index in [9.17, 15) is 0 Å². The third kappa shape index (κ3) is 4.70. The van der Waals surface area contributed by atoms with E-state index < -0.39 is 20.3 Å². The van der Waals surface area contributed by atoms with Gasteiger partial charge in [-0.1, -0.05) is 0 Å². The smallest absolute Gasteiger partial charge is 0.385 e. The van der Waals surface area contributed by atoms with Crippen LogP contribution in [0.3, 0.4) is 0 Å². The van der Waals surface area contributed by atoms with Crippen molar-refractivity contribution in [2.75, 3.05) is 55.9 Å². The Morgan fingerprint density at radius 3 is 1.67 bits per heavy atom. The highest BCUT2D eigenvalue weighted by atomic mass is 28.4. The Hall–Kier alpha value is -0.0631. The van der Waals surface area contributed by atoms with Crippen LogP contribution in [0.15, 0.2) is 0 Å². The van der Waals surface area contributed by atoms with Crippen LogP contribution in [0.5, 0.6) is 0 Å². The normalized spacial score (nSPS) is 14.4. The zero-order valence-electron chi connectivity index (χ0n) is 14.3. The maximum Gasteiger partial charge on any atom is 0.565 e. The van der Waals surface area contributed by atoms with Gasteiger partial charge in [0.2, 0.25) is 0 Å². The lowest BCUT2D eigenvalue weighted by atomic mass is 10.3. The van der Waals surface area contributed by atoms with Gasteiger partial charge in [0, 0.05) is 55.9 Å². The standard InChI is InChI=1S/C13H30O7Si/c1-12(20-11-9-8-10-14-2)13(15-3,16-4)21(17-5,18-6)19-7/h12H,8-11H2,1-7H3.